The minimum atomic E-state index is -1.07. The molecule has 0 aliphatic carbocycles. The molecule has 0 aromatic heterocycles. The van der Waals surface area contributed by atoms with Gasteiger partial charge in [0.05, 0.1) is 19.1 Å². The fraction of sp³-hybridized carbons (Fsp3) is 0.500. The van der Waals surface area contributed by atoms with Gasteiger partial charge in [0.15, 0.2) is 6.10 Å². The van der Waals surface area contributed by atoms with E-state index in [1.165, 1.54) is 4.90 Å². The molecule has 2 saturated heterocycles. The number of aryl methyl sites for hydroxylation is 1. The number of hydrogen-bond donors (Lipinski definition) is 1. The second kappa shape index (κ2) is 7.23. The fourth-order valence-corrected chi connectivity index (χ4v) is 3.44. The summed E-state index contributed by atoms with van der Waals surface area (Å²) in [5, 5.41) is 9.07. The fourth-order valence-electron chi connectivity index (χ4n) is 3.44. The normalized spacial score (nSPS) is 23.8. The Hall–Kier alpha value is -2.41. The average molecular weight is 346 g/mol. The number of benzene rings is 1. The Morgan fingerprint density at radius 3 is 2.76 bits per heavy atom. The molecule has 1 aromatic carbocycles. The zero-order valence-corrected chi connectivity index (χ0v) is 14.2. The van der Waals surface area contributed by atoms with Crippen LogP contribution in [0.15, 0.2) is 24.3 Å². The second-order valence-electron chi connectivity index (χ2n) is 6.37. The summed E-state index contributed by atoms with van der Waals surface area (Å²) >= 11 is 0. The number of hydrogen-bond acceptors (Lipinski definition) is 4. The van der Waals surface area contributed by atoms with Gasteiger partial charge in [-0.1, -0.05) is 25.1 Å². The van der Waals surface area contributed by atoms with Crippen molar-refractivity contribution in [2.75, 3.05) is 31.1 Å². The number of aliphatic carboxylic acids is 1. The molecule has 25 heavy (non-hydrogen) atoms. The van der Waals surface area contributed by atoms with Crippen molar-refractivity contribution in [1.29, 1.82) is 0 Å². The molecule has 0 saturated carbocycles. The van der Waals surface area contributed by atoms with Gasteiger partial charge in [-0.25, -0.2) is 4.79 Å². The summed E-state index contributed by atoms with van der Waals surface area (Å²) < 4.78 is 5.15. The van der Waals surface area contributed by atoms with Gasteiger partial charge in [-0.3, -0.25) is 9.59 Å². The molecule has 0 spiro atoms. The van der Waals surface area contributed by atoms with E-state index >= 15 is 0 Å². The van der Waals surface area contributed by atoms with E-state index in [0.717, 1.165) is 17.7 Å². The van der Waals surface area contributed by atoms with Gasteiger partial charge in [-0.2, -0.15) is 0 Å². The summed E-state index contributed by atoms with van der Waals surface area (Å²) in [6.07, 6.45) is -0.0272. The van der Waals surface area contributed by atoms with Crippen molar-refractivity contribution in [3.05, 3.63) is 29.8 Å². The van der Waals surface area contributed by atoms with E-state index in [1.807, 2.05) is 31.2 Å². The number of ether oxygens (including phenoxy) is 1. The summed E-state index contributed by atoms with van der Waals surface area (Å²) in [4.78, 5) is 39.5. The molecule has 2 fully saturated rings. The summed E-state index contributed by atoms with van der Waals surface area (Å²) in [5.74, 6) is -1.75. The number of amides is 2. The third kappa shape index (κ3) is 3.51. The predicted octanol–water partition coefficient (Wildman–Crippen LogP) is 0.914. The maximum atomic E-state index is 12.7. The first-order chi connectivity index (χ1) is 12.0. The van der Waals surface area contributed by atoms with Crippen molar-refractivity contribution in [2.24, 2.45) is 5.92 Å². The molecule has 0 bridgehead atoms. The molecular formula is C18H22N2O5. The molecule has 7 heteroatoms. The number of rotatable bonds is 4. The van der Waals surface area contributed by atoms with Crippen molar-refractivity contribution in [3.63, 3.8) is 0 Å². The minimum absolute atomic E-state index is 0.0321. The van der Waals surface area contributed by atoms with Gasteiger partial charge in [0, 0.05) is 25.2 Å². The highest BCUT2D eigenvalue weighted by molar-refractivity contribution is 6.00. The lowest BCUT2D eigenvalue weighted by Crippen LogP contribution is -2.50. The lowest BCUT2D eigenvalue weighted by molar-refractivity contribution is -0.160. The van der Waals surface area contributed by atoms with Crippen LogP contribution in [-0.4, -0.2) is 60.1 Å². The molecule has 1 aromatic rings. The van der Waals surface area contributed by atoms with E-state index in [0.29, 0.717) is 13.1 Å². The Balaban J connectivity index is 1.71. The van der Waals surface area contributed by atoms with E-state index in [9.17, 15) is 14.4 Å². The Bertz CT molecular complexity index is 690. The van der Waals surface area contributed by atoms with E-state index in [4.69, 9.17) is 9.84 Å². The molecule has 7 nitrogen and oxygen atoms in total. The van der Waals surface area contributed by atoms with E-state index in [-0.39, 0.29) is 31.4 Å². The van der Waals surface area contributed by atoms with Crippen LogP contribution in [-0.2, 0) is 25.5 Å². The number of nitrogens with zero attached hydrogens (tertiary/aromatic N) is 2. The molecular weight excluding hydrogens is 324 g/mol. The summed E-state index contributed by atoms with van der Waals surface area (Å²) in [6, 6.07) is 7.71. The number of anilines is 1. The first-order valence-corrected chi connectivity index (χ1v) is 8.52. The summed E-state index contributed by atoms with van der Waals surface area (Å²) in [5.41, 5.74) is 1.93. The zero-order valence-electron chi connectivity index (χ0n) is 14.2. The van der Waals surface area contributed by atoms with Crippen molar-refractivity contribution in [2.45, 2.75) is 25.9 Å². The van der Waals surface area contributed by atoms with Gasteiger partial charge >= 0.3 is 5.97 Å². The van der Waals surface area contributed by atoms with Crippen LogP contribution in [0.25, 0.3) is 0 Å². The van der Waals surface area contributed by atoms with Gasteiger partial charge in [0.25, 0.3) is 0 Å². The SMILES string of the molecule is CCc1ccccc1N1C[C@@H](C(=O)N2CCO[C@@H](C(=O)O)C2)CC1=O. The number of carboxylic acids is 1. The Labute approximate surface area is 146 Å². The lowest BCUT2D eigenvalue weighted by atomic mass is 10.1. The summed E-state index contributed by atoms with van der Waals surface area (Å²) in [7, 11) is 0. The third-order valence-electron chi connectivity index (χ3n) is 4.79. The smallest absolute Gasteiger partial charge is 0.334 e. The van der Waals surface area contributed by atoms with Gasteiger partial charge in [0.2, 0.25) is 11.8 Å². The molecule has 2 atom stereocenters. The van der Waals surface area contributed by atoms with Crippen LogP contribution in [0.5, 0.6) is 0 Å². The topological polar surface area (TPSA) is 87.2 Å². The molecule has 0 unspecified atom stereocenters. The van der Waals surface area contributed by atoms with E-state index < -0.39 is 18.0 Å². The number of carboxylic acid groups (broad SMARTS) is 1. The van der Waals surface area contributed by atoms with Crippen LogP contribution in [0.1, 0.15) is 18.9 Å². The summed E-state index contributed by atoms with van der Waals surface area (Å²) in [6.45, 7) is 2.96. The first kappa shape index (κ1) is 17.4. The van der Waals surface area contributed by atoms with Crippen LogP contribution in [0, 0.1) is 5.92 Å². The van der Waals surface area contributed by atoms with Crippen LogP contribution in [0.4, 0.5) is 5.69 Å². The van der Waals surface area contributed by atoms with Crippen LogP contribution >= 0.6 is 0 Å². The van der Waals surface area contributed by atoms with Crippen molar-refractivity contribution in [3.8, 4) is 0 Å². The van der Waals surface area contributed by atoms with Gasteiger partial charge < -0.3 is 19.6 Å². The van der Waals surface area contributed by atoms with Gasteiger partial charge in [0.1, 0.15) is 0 Å². The molecule has 134 valence electrons. The molecule has 0 radical (unpaired) electrons. The third-order valence-corrected chi connectivity index (χ3v) is 4.79. The van der Waals surface area contributed by atoms with Gasteiger partial charge in [-0.15, -0.1) is 0 Å². The Morgan fingerprint density at radius 2 is 2.04 bits per heavy atom. The van der Waals surface area contributed by atoms with Crippen molar-refractivity contribution < 1.29 is 24.2 Å². The predicted molar refractivity (Wildman–Crippen MR) is 90.2 cm³/mol. The largest absolute Gasteiger partial charge is 0.479 e. The maximum Gasteiger partial charge on any atom is 0.334 e. The van der Waals surface area contributed by atoms with Crippen molar-refractivity contribution >= 4 is 23.5 Å². The van der Waals surface area contributed by atoms with E-state index in [1.54, 1.807) is 4.90 Å². The highest BCUT2D eigenvalue weighted by Crippen LogP contribution is 2.29. The molecule has 2 amide bonds. The van der Waals surface area contributed by atoms with Crippen LogP contribution in [0.2, 0.25) is 0 Å². The highest BCUT2D eigenvalue weighted by atomic mass is 16.5. The average Bonchev–Trinajstić information content (AvgIpc) is 3.02. The monoisotopic (exact) mass is 346 g/mol. The second-order valence-corrected chi connectivity index (χ2v) is 6.37. The number of carbonyl (C=O) groups is 3. The molecule has 2 aliphatic rings. The van der Waals surface area contributed by atoms with Gasteiger partial charge in [-0.05, 0) is 18.1 Å². The maximum absolute atomic E-state index is 12.7. The molecule has 2 heterocycles. The molecule has 3 rings (SSSR count). The number of carbonyl (C=O) groups excluding carboxylic acids is 2. The standard InChI is InChI=1S/C18H22N2O5/c1-2-12-5-3-4-6-14(12)20-10-13(9-16(20)21)17(22)19-7-8-25-15(11-19)18(23)24/h3-6,13,15H,2,7-11H2,1H3,(H,23,24)/t13-,15+/m0/s1. The number of morpholine rings is 1. The highest BCUT2D eigenvalue weighted by Gasteiger charge is 2.39. The van der Waals surface area contributed by atoms with Crippen LogP contribution in [0.3, 0.4) is 0 Å². The zero-order chi connectivity index (χ0) is 18.0. The Morgan fingerprint density at radius 1 is 1.28 bits per heavy atom. The van der Waals surface area contributed by atoms with Crippen molar-refractivity contribution in [1.82, 2.24) is 4.90 Å². The minimum Gasteiger partial charge on any atom is -0.479 e. The van der Waals surface area contributed by atoms with Crippen LogP contribution < -0.4 is 4.90 Å². The first-order valence-electron chi connectivity index (χ1n) is 8.52. The Kier molecular flexibility index (Phi) is 5.03. The lowest BCUT2D eigenvalue weighted by Gasteiger charge is -2.32. The van der Waals surface area contributed by atoms with E-state index in [2.05, 4.69) is 0 Å². The quantitative estimate of drug-likeness (QED) is 0.876. The number of para-hydroxylation sites is 1. The molecule has 1 N–H and O–H groups in total. The molecule has 2 aliphatic heterocycles.